The normalized spacial score (nSPS) is 34.4. The maximum absolute atomic E-state index is 12.3. The number of benzene rings is 1. The van der Waals surface area contributed by atoms with Gasteiger partial charge in [-0.25, -0.2) is 0 Å². The van der Waals surface area contributed by atoms with E-state index in [9.17, 15) is 4.79 Å². The highest BCUT2D eigenvalue weighted by Crippen LogP contribution is 2.58. The molecule has 3 fully saturated rings. The predicted octanol–water partition coefficient (Wildman–Crippen LogP) is 3.62. The Kier molecular flexibility index (Phi) is 3.82. The molecular weight excluding hydrogens is 286 g/mol. The molecule has 1 aromatic carbocycles. The van der Waals surface area contributed by atoms with E-state index in [1.165, 1.54) is 37.7 Å². The van der Waals surface area contributed by atoms with Crippen molar-refractivity contribution in [3.63, 3.8) is 0 Å². The molecular formula is C20H27NO2. The van der Waals surface area contributed by atoms with Crippen LogP contribution in [-0.2, 0) is 4.79 Å². The largest absolute Gasteiger partial charge is 0.484 e. The third kappa shape index (κ3) is 2.75. The molecule has 0 radical (unpaired) electrons. The molecule has 124 valence electrons. The summed E-state index contributed by atoms with van der Waals surface area (Å²) in [6, 6.07) is 6.47. The third-order valence-corrected chi connectivity index (χ3v) is 6.46. The lowest BCUT2D eigenvalue weighted by Crippen LogP contribution is -2.44. The molecule has 3 nitrogen and oxygen atoms in total. The van der Waals surface area contributed by atoms with E-state index in [-0.39, 0.29) is 12.5 Å². The Morgan fingerprint density at radius 3 is 2.83 bits per heavy atom. The van der Waals surface area contributed by atoms with Crippen molar-refractivity contribution >= 4 is 5.91 Å². The number of hydrogen-bond acceptors (Lipinski definition) is 2. The molecule has 0 spiro atoms. The van der Waals surface area contributed by atoms with Crippen LogP contribution in [0.3, 0.4) is 0 Å². The Bertz CT molecular complexity index is 612. The number of aryl methyl sites for hydroxylation is 2. The minimum atomic E-state index is 0.0390. The van der Waals surface area contributed by atoms with E-state index in [4.69, 9.17) is 4.74 Å². The van der Waals surface area contributed by atoms with Gasteiger partial charge < -0.3 is 10.1 Å². The first-order valence-electron chi connectivity index (χ1n) is 9.11. The van der Waals surface area contributed by atoms with Gasteiger partial charge in [-0.2, -0.15) is 0 Å². The van der Waals surface area contributed by atoms with E-state index in [0.29, 0.717) is 6.04 Å². The van der Waals surface area contributed by atoms with Crippen molar-refractivity contribution < 1.29 is 9.53 Å². The fourth-order valence-electron chi connectivity index (χ4n) is 5.59. The van der Waals surface area contributed by atoms with Crippen molar-refractivity contribution in [3.05, 3.63) is 29.3 Å². The molecule has 4 rings (SSSR count). The second-order valence-corrected chi connectivity index (χ2v) is 7.89. The predicted molar refractivity (Wildman–Crippen MR) is 90.4 cm³/mol. The minimum absolute atomic E-state index is 0.0390. The molecule has 0 aromatic heterocycles. The molecule has 1 N–H and O–H groups in total. The summed E-state index contributed by atoms with van der Waals surface area (Å²) in [5, 5.41) is 3.26. The summed E-state index contributed by atoms with van der Waals surface area (Å²) < 4.78 is 5.72. The lowest BCUT2D eigenvalue weighted by molar-refractivity contribution is -0.124. The van der Waals surface area contributed by atoms with Crippen molar-refractivity contribution in [2.75, 3.05) is 6.61 Å². The number of rotatable bonds is 4. The number of carbonyl (C=O) groups excluding carboxylic acids is 1. The average Bonchev–Trinajstić information content (AvgIpc) is 3.18. The van der Waals surface area contributed by atoms with Gasteiger partial charge in [0.1, 0.15) is 5.75 Å². The van der Waals surface area contributed by atoms with Gasteiger partial charge in [0, 0.05) is 6.04 Å². The second kappa shape index (κ2) is 5.85. The molecule has 23 heavy (non-hydrogen) atoms. The van der Waals surface area contributed by atoms with Crippen LogP contribution in [0, 0.1) is 37.5 Å². The topological polar surface area (TPSA) is 38.3 Å². The van der Waals surface area contributed by atoms with Crippen LogP contribution in [0.2, 0.25) is 0 Å². The second-order valence-electron chi connectivity index (χ2n) is 7.89. The highest BCUT2D eigenvalue weighted by molar-refractivity contribution is 5.78. The number of fused-ring (bicyclic) bond motifs is 5. The van der Waals surface area contributed by atoms with Gasteiger partial charge in [-0.05, 0) is 74.8 Å². The smallest absolute Gasteiger partial charge is 0.258 e. The zero-order valence-electron chi connectivity index (χ0n) is 14.2. The van der Waals surface area contributed by atoms with E-state index in [1.54, 1.807) is 0 Å². The summed E-state index contributed by atoms with van der Waals surface area (Å²) in [5.41, 5.74) is 2.30. The van der Waals surface area contributed by atoms with Crippen molar-refractivity contribution in [1.29, 1.82) is 0 Å². The molecule has 3 aliphatic carbocycles. The molecule has 3 saturated carbocycles. The highest BCUT2D eigenvalue weighted by Gasteiger charge is 2.53. The van der Waals surface area contributed by atoms with E-state index in [0.717, 1.165) is 35.0 Å². The number of amides is 1. The Morgan fingerprint density at radius 2 is 2.00 bits per heavy atom. The maximum Gasteiger partial charge on any atom is 0.258 e. The summed E-state index contributed by atoms with van der Waals surface area (Å²) in [4.78, 5) is 12.3. The lowest BCUT2D eigenvalue weighted by Gasteiger charge is -2.32. The van der Waals surface area contributed by atoms with Gasteiger partial charge in [-0.1, -0.05) is 24.1 Å². The summed E-state index contributed by atoms with van der Waals surface area (Å²) in [5.74, 6) is 4.32. The zero-order chi connectivity index (χ0) is 16.0. The molecule has 1 amide bonds. The summed E-state index contributed by atoms with van der Waals surface area (Å²) in [6.07, 6.45) is 6.76. The Morgan fingerprint density at radius 1 is 1.17 bits per heavy atom. The van der Waals surface area contributed by atoms with Gasteiger partial charge in [0.15, 0.2) is 6.61 Å². The van der Waals surface area contributed by atoms with Crippen LogP contribution in [-0.4, -0.2) is 18.6 Å². The van der Waals surface area contributed by atoms with E-state index in [2.05, 4.69) is 18.3 Å². The van der Waals surface area contributed by atoms with Gasteiger partial charge >= 0.3 is 0 Å². The molecule has 2 bridgehead atoms. The van der Waals surface area contributed by atoms with Crippen LogP contribution in [0.15, 0.2) is 18.2 Å². The first-order valence-corrected chi connectivity index (χ1v) is 9.11. The molecule has 5 atom stereocenters. The van der Waals surface area contributed by atoms with Gasteiger partial charge in [-0.3, -0.25) is 4.79 Å². The first-order chi connectivity index (χ1) is 11.1. The van der Waals surface area contributed by atoms with Crippen molar-refractivity contribution in [1.82, 2.24) is 5.32 Å². The fourth-order valence-corrected chi connectivity index (χ4v) is 5.59. The number of carbonyl (C=O) groups is 1. The Balaban J connectivity index is 1.31. The van der Waals surface area contributed by atoms with Gasteiger partial charge in [0.05, 0.1) is 0 Å². The average molecular weight is 313 g/mol. The standard InChI is InChI=1S/C20H27NO2/c1-12-6-7-19(13(2)8-12)23-11-20(22)21-18-10-14-9-17(18)16-5-3-4-15(14)16/h6-8,14-18H,3-5,9-11H2,1-2H3,(H,21,22)/t14-,15-,16-,17+,18-/m1/s1. The Labute approximate surface area is 138 Å². The molecule has 0 unspecified atom stereocenters. The lowest BCUT2D eigenvalue weighted by atomic mass is 9.79. The Hall–Kier alpha value is -1.51. The van der Waals surface area contributed by atoms with E-state index in [1.807, 2.05) is 19.1 Å². The number of hydrogen-bond donors (Lipinski definition) is 1. The highest BCUT2D eigenvalue weighted by atomic mass is 16.5. The molecule has 0 saturated heterocycles. The quantitative estimate of drug-likeness (QED) is 0.922. The summed E-state index contributed by atoms with van der Waals surface area (Å²) in [6.45, 7) is 4.22. The van der Waals surface area contributed by atoms with Crippen LogP contribution in [0.4, 0.5) is 0 Å². The monoisotopic (exact) mass is 313 g/mol. The van der Waals surface area contributed by atoms with Crippen molar-refractivity contribution in [3.8, 4) is 5.75 Å². The number of ether oxygens (including phenoxy) is 1. The molecule has 3 heteroatoms. The van der Waals surface area contributed by atoms with Crippen LogP contribution < -0.4 is 10.1 Å². The molecule has 0 heterocycles. The third-order valence-electron chi connectivity index (χ3n) is 6.46. The van der Waals surface area contributed by atoms with E-state index >= 15 is 0 Å². The molecule has 1 aromatic rings. The van der Waals surface area contributed by atoms with Crippen LogP contribution in [0.25, 0.3) is 0 Å². The zero-order valence-corrected chi connectivity index (χ0v) is 14.2. The van der Waals surface area contributed by atoms with Crippen molar-refractivity contribution in [2.45, 2.75) is 52.0 Å². The van der Waals surface area contributed by atoms with Crippen molar-refractivity contribution in [2.24, 2.45) is 23.7 Å². The number of nitrogens with one attached hydrogen (secondary N) is 1. The van der Waals surface area contributed by atoms with Crippen LogP contribution in [0.5, 0.6) is 5.75 Å². The molecule has 3 aliphatic rings. The van der Waals surface area contributed by atoms with E-state index < -0.39 is 0 Å². The minimum Gasteiger partial charge on any atom is -0.484 e. The summed E-state index contributed by atoms with van der Waals surface area (Å²) >= 11 is 0. The molecule has 0 aliphatic heterocycles. The summed E-state index contributed by atoms with van der Waals surface area (Å²) in [7, 11) is 0. The van der Waals surface area contributed by atoms with Crippen LogP contribution >= 0.6 is 0 Å². The first kappa shape index (κ1) is 15.0. The van der Waals surface area contributed by atoms with Gasteiger partial charge in [0.25, 0.3) is 5.91 Å². The SMILES string of the molecule is Cc1ccc(OCC(=O)N[C@@H]2C[C@H]3C[C@H]2[C@@H]2CCC[C@H]32)c(C)c1. The maximum atomic E-state index is 12.3. The fraction of sp³-hybridized carbons (Fsp3) is 0.650. The van der Waals surface area contributed by atoms with Crippen LogP contribution in [0.1, 0.15) is 43.2 Å². The van der Waals surface area contributed by atoms with Gasteiger partial charge in [0.2, 0.25) is 0 Å². The van der Waals surface area contributed by atoms with Gasteiger partial charge in [-0.15, -0.1) is 0 Å².